The molecule has 23 heavy (non-hydrogen) atoms. The van der Waals surface area contributed by atoms with E-state index in [0.717, 1.165) is 5.56 Å². The number of hydrogen-bond donors (Lipinski definition) is 2. The second kappa shape index (κ2) is 6.27. The molecule has 0 spiro atoms. The van der Waals surface area contributed by atoms with Crippen LogP contribution in [-0.4, -0.2) is 28.5 Å². The van der Waals surface area contributed by atoms with Crippen molar-refractivity contribution in [2.24, 2.45) is 10.1 Å². The van der Waals surface area contributed by atoms with Gasteiger partial charge in [0.2, 0.25) is 0 Å². The minimum Gasteiger partial charge on any atom is -0.506 e. The predicted octanol–water partition coefficient (Wildman–Crippen LogP) is 3.56. The molecule has 2 aromatic rings. The fourth-order valence-electron chi connectivity index (χ4n) is 2.41. The molecule has 0 saturated heterocycles. The number of fused-ring (bicyclic) bond motifs is 1. The van der Waals surface area contributed by atoms with Gasteiger partial charge in [-0.05, 0) is 17.7 Å². The first-order valence-electron chi connectivity index (χ1n) is 7.07. The van der Waals surface area contributed by atoms with Gasteiger partial charge in [0.1, 0.15) is 5.76 Å². The van der Waals surface area contributed by atoms with Crippen molar-refractivity contribution in [3.05, 3.63) is 70.8 Å². The van der Waals surface area contributed by atoms with E-state index in [9.17, 15) is 9.90 Å². The summed E-state index contributed by atoms with van der Waals surface area (Å²) in [6.45, 7) is 0. The molecule has 3 rings (SSSR count). The second-order valence-electron chi connectivity index (χ2n) is 5.06. The lowest BCUT2D eigenvalue weighted by atomic mass is 10.1. The van der Waals surface area contributed by atoms with E-state index in [1.807, 2.05) is 12.1 Å². The van der Waals surface area contributed by atoms with Gasteiger partial charge in [-0.2, -0.15) is 0 Å². The minimum atomic E-state index is -0.224. The normalized spacial score (nSPS) is 14.2. The number of aliphatic hydroxyl groups excluding tert-OH is 1. The summed E-state index contributed by atoms with van der Waals surface area (Å²) in [5.74, 6) is -0.261. The summed E-state index contributed by atoms with van der Waals surface area (Å²) in [6, 6.07) is 14.2. The lowest BCUT2D eigenvalue weighted by Gasteiger charge is -1.98. The van der Waals surface area contributed by atoms with Crippen LogP contribution in [0.4, 0.5) is 5.69 Å². The number of carbonyl (C=O) groups is 1. The third-order valence-corrected chi connectivity index (χ3v) is 3.61. The maximum absolute atomic E-state index is 12.3. The average molecular weight is 306 g/mol. The monoisotopic (exact) mass is 306 g/mol. The summed E-state index contributed by atoms with van der Waals surface area (Å²) in [4.78, 5) is 16.5. The van der Waals surface area contributed by atoms with E-state index in [-0.39, 0.29) is 17.1 Å². The molecule has 0 unspecified atom stereocenters. The number of nitrogens with zero attached hydrogens (tertiary/aromatic N) is 2. The predicted molar refractivity (Wildman–Crippen MR) is 88.9 cm³/mol. The molecule has 1 aliphatic carbocycles. The molecule has 0 amide bonds. The summed E-state index contributed by atoms with van der Waals surface area (Å²) in [5.41, 5.74) is 2.87. The molecular formula is C18H14N2O3. The van der Waals surface area contributed by atoms with Gasteiger partial charge in [0.15, 0.2) is 5.78 Å². The lowest BCUT2D eigenvalue weighted by molar-refractivity contribution is 0.104. The molecule has 0 heterocycles. The van der Waals surface area contributed by atoms with Crippen molar-refractivity contribution < 1.29 is 15.1 Å². The van der Waals surface area contributed by atoms with E-state index in [0.29, 0.717) is 23.2 Å². The van der Waals surface area contributed by atoms with Crippen LogP contribution >= 0.6 is 0 Å². The minimum absolute atomic E-state index is 0.0369. The first kappa shape index (κ1) is 14.7. The number of carbonyl (C=O) groups excluding carboxylic acids is 1. The highest BCUT2D eigenvalue weighted by molar-refractivity contribution is 6.30. The van der Waals surface area contributed by atoms with Crippen LogP contribution in [0.25, 0.3) is 5.76 Å². The van der Waals surface area contributed by atoms with Crippen LogP contribution in [0.1, 0.15) is 21.5 Å². The molecule has 0 aliphatic heterocycles. The van der Waals surface area contributed by atoms with Crippen LogP contribution in [-0.2, 0) is 6.42 Å². The van der Waals surface area contributed by atoms with Gasteiger partial charge in [-0.25, -0.2) is 0 Å². The summed E-state index contributed by atoms with van der Waals surface area (Å²) < 4.78 is 0. The Balaban J connectivity index is 1.81. The van der Waals surface area contributed by atoms with Gasteiger partial charge in [-0.15, -0.1) is 5.16 Å². The van der Waals surface area contributed by atoms with Gasteiger partial charge in [-0.1, -0.05) is 36.4 Å². The average Bonchev–Trinajstić information content (AvgIpc) is 2.84. The fraction of sp³-hybridized carbons (Fsp3) is 0.0556. The number of hydrogen-bond acceptors (Lipinski definition) is 5. The van der Waals surface area contributed by atoms with Crippen molar-refractivity contribution in [2.75, 3.05) is 0 Å². The molecule has 114 valence electrons. The standard InChI is InChI=1S/C18H14N2O3/c21-17-14-3-1-2-4-15(14)18(22)16(17)11-19-13-7-5-12(6-8-13)9-10-20-23/h1-8,10-11,21,23H,9H2. The molecule has 1 aliphatic rings. The Morgan fingerprint density at radius 2 is 1.70 bits per heavy atom. The van der Waals surface area contributed by atoms with Crippen LogP contribution in [0.3, 0.4) is 0 Å². The van der Waals surface area contributed by atoms with Crippen molar-refractivity contribution in [3.63, 3.8) is 0 Å². The number of aliphatic hydroxyl groups is 1. The van der Waals surface area contributed by atoms with Crippen LogP contribution < -0.4 is 0 Å². The van der Waals surface area contributed by atoms with Gasteiger partial charge in [0, 0.05) is 30.0 Å². The summed E-state index contributed by atoms with van der Waals surface area (Å²) in [6.07, 6.45) is 3.32. The van der Waals surface area contributed by atoms with Gasteiger partial charge >= 0.3 is 0 Å². The Hall–Kier alpha value is -3.21. The first-order chi connectivity index (χ1) is 11.2. The van der Waals surface area contributed by atoms with Gasteiger partial charge in [-0.3, -0.25) is 9.79 Å². The molecule has 0 atom stereocenters. The molecule has 2 N–H and O–H groups in total. The molecule has 0 saturated carbocycles. The third kappa shape index (κ3) is 2.89. The lowest BCUT2D eigenvalue weighted by Crippen LogP contribution is -1.99. The zero-order chi connectivity index (χ0) is 16.2. The largest absolute Gasteiger partial charge is 0.506 e. The third-order valence-electron chi connectivity index (χ3n) is 3.61. The van der Waals surface area contributed by atoms with Crippen molar-refractivity contribution in [1.82, 2.24) is 0 Å². The van der Waals surface area contributed by atoms with Crippen LogP contribution in [0.2, 0.25) is 0 Å². The highest BCUT2D eigenvalue weighted by Gasteiger charge is 2.27. The zero-order valence-electron chi connectivity index (χ0n) is 12.2. The number of allylic oxidation sites excluding steroid dienone is 1. The first-order valence-corrected chi connectivity index (χ1v) is 7.07. The van der Waals surface area contributed by atoms with Crippen LogP contribution in [0.5, 0.6) is 0 Å². The number of ketones is 1. The number of aliphatic imine (C=N–C) groups is 1. The van der Waals surface area contributed by atoms with E-state index in [4.69, 9.17) is 5.21 Å². The molecule has 5 nitrogen and oxygen atoms in total. The van der Waals surface area contributed by atoms with E-state index in [2.05, 4.69) is 10.1 Å². The summed E-state index contributed by atoms with van der Waals surface area (Å²) in [5, 5.41) is 21.5. The maximum Gasteiger partial charge on any atom is 0.199 e. The quantitative estimate of drug-likeness (QED) is 0.515. The summed E-state index contributed by atoms with van der Waals surface area (Å²) >= 11 is 0. The Morgan fingerprint density at radius 3 is 2.35 bits per heavy atom. The van der Waals surface area contributed by atoms with Crippen molar-refractivity contribution in [2.45, 2.75) is 6.42 Å². The topological polar surface area (TPSA) is 82.2 Å². The molecule has 0 aromatic heterocycles. The number of rotatable bonds is 4. The fourth-order valence-corrected chi connectivity index (χ4v) is 2.41. The van der Waals surface area contributed by atoms with Crippen molar-refractivity contribution >= 4 is 29.7 Å². The van der Waals surface area contributed by atoms with Gasteiger partial charge < -0.3 is 10.3 Å². The van der Waals surface area contributed by atoms with E-state index in [1.165, 1.54) is 12.4 Å². The molecule has 0 bridgehead atoms. The Bertz CT molecular complexity index is 834. The van der Waals surface area contributed by atoms with Gasteiger partial charge in [0.05, 0.1) is 11.3 Å². The summed E-state index contributed by atoms with van der Waals surface area (Å²) in [7, 11) is 0. The highest BCUT2D eigenvalue weighted by Crippen LogP contribution is 2.30. The van der Waals surface area contributed by atoms with Gasteiger partial charge in [0.25, 0.3) is 0 Å². The number of Topliss-reactive ketones (excluding diaryl/α,β-unsaturated/α-hetero) is 1. The Morgan fingerprint density at radius 1 is 1.00 bits per heavy atom. The molecule has 2 aromatic carbocycles. The smallest absolute Gasteiger partial charge is 0.199 e. The molecule has 0 radical (unpaired) electrons. The number of benzene rings is 2. The van der Waals surface area contributed by atoms with Crippen molar-refractivity contribution in [1.29, 1.82) is 0 Å². The Labute approximate surface area is 132 Å². The van der Waals surface area contributed by atoms with Crippen LogP contribution in [0.15, 0.2) is 64.3 Å². The Kier molecular flexibility index (Phi) is 4.01. The second-order valence-corrected chi connectivity index (χ2v) is 5.06. The highest BCUT2D eigenvalue weighted by atomic mass is 16.4. The van der Waals surface area contributed by atoms with Crippen LogP contribution in [0, 0.1) is 0 Å². The molecule has 5 heteroatoms. The number of oxime groups is 1. The zero-order valence-corrected chi connectivity index (χ0v) is 12.2. The maximum atomic E-state index is 12.3. The van der Waals surface area contributed by atoms with Crippen molar-refractivity contribution in [3.8, 4) is 0 Å². The van der Waals surface area contributed by atoms with E-state index in [1.54, 1.807) is 36.4 Å². The van der Waals surface area contributed by atoms with E-state index < -0.39 is 0 Å². The SMILES string of the molecule is O=C1C(C=Nc2ccc(CC=NO)cc2)=C(O)c2ccccc21. The van der Waals surface area contributed by atoms with E-state index >= 15 is 0 Å². The molecule has 0 fully saturated rings. The molecular weight excluding hydrogens is 292 g/mol.